The minimum absolute atomic E-state index is 0.0230. The van der Waals surface area contributed by atoms with Crippen LogP contribution >= 0.6 is 22.6 Å². The van der Waals surface area contributed by atoms with Gasteiger partial charge in [-0.3, -0.25) is 4.79 Å². The van der Waals surface area contributed by atoms with Crippen LogP contribution in [0.25, 0.3) is 0 Å². The quantitative estimate of drug-likeness (QED) is 0.672. The van der Waals surface area contributed by atoms with Gasteiger partial charge >= 0.3 is 0 Å². The lowest BCUT2D eigenvalue weighted by Crippen LogP contribution is -2.24. The highest BCUT2D eigenvalue weighted by Gasteiger charge is 2.02. The summed E-state index contributed by atoms with van der Waals surface area (Å²) >= 11 is 2.22. The van der Waals surface area contributed by atoms with Crippen molar-refractivity contribution in [1.29, 1.82) is 0 Å². The lowest BCUT2D eigenvalue weighted by atomic mass is 10.2. The van der Waals surface area contributed by atoms with Gasteiger partial charge in [0.25, 0.3) is 5.91 Å². The molecule has 1 aromatic rings. The zero-order valence-corrected chi connectivity index (χ0v) is 10.4. The average molecular weight is 303 g/mol. The van der Waals surface area contributed by atoms with E-state index in [1.807, 2.05) is 24.3 Å². The van der Waals surface area contributed by atoms with Crippen LogP contribution in [0.2, 0.25) is 0 Å². The second kappa shape index (κ2) is 6.01. The van der Waals surface area contributed by atoms with Crippen LogP contribution in [0.15, 0.2) is 24.3 Å². The number of nitrogens with one attached hydrogen (secondary N) is 1. The molecule has 76 valence electrons. The van der Waals surface area contributed by atoms with Crippen molar-refractivity contribution in [3.63, 3.8) is 0 Å². The predicted octanol–water partition coefficient (Wildman–Crippen LogP) is 2.82. The third-order valence-corrected chi connectivity index (χ3v) is 2.64. The smallest absolute Gasteiger partial charge is 0.251 e. The van der Waals surface area contributed by atoms with Crippen LogP contribution in [-0.4, -0.2) is 12.5 Å². The van der Waals surface area contributed by atoms with Crippen LogP contribution in [-0.2, 0) is 0 Å². The van der Waals surface area contributed by atoms with E-state index in [9.17, 15) is 4.79 Å². The van der Waals surface area contributed by atoms with E-state index >= 15 is 0 Å². The van der Waals surface area contributed by atoms with Crippen molar-refractivity contribution in [2.24, 2.45) is 0 Å². The number of carbonyl (C=O) groups is 1. The number of carbonyl (C=O) groups excluding carboxylic acids is 1. The molecule has 0 saturated carbocycles. The maximum atomic E-state index is 11.5. The van der Waals surface area contributed by atoms with Gasteiger partial charge in [0, 0.05) is 15.7 Å². The van der Waals surface area contributed by atoms with Gasteiger partial charge in [0.15, 0.2) is 0 Å². The highest BCUT2D eigenvalue weighted by atomic mass is 127. The minimum atomic E-state index is 0.0230. The summed E-state index contributed by atoms with van der Waals surface area (Å²) < 4.78 is 1.15. The number of benzene rings is 1. The van der Waals surface area contributed by atoms with Gasteiger partial charge in [-0.25, -0.2) is 0 Å². The number of rotatable bonds is 4. The maximum absolute atomic E-state index is 11.5. The zero-order chi connectivity index (χ0) is 10.4. The molecule has 1 amide bonds. The Morgan fingerprint density at radius 1 is 1.36 bits per heavy atom. The molecule has 0 heterocycles. The van der Waals surface area contributed by atoms with Gasteiger partial charge in [-0.05, 0) is 53.3 Å². The molecule has 0 atom stereocenters. The number of hydrogen-bond acceptors (Lipinski definition) is 1. The first kappa shape index (κ1) is 11.5. The second-order valence-corrected chi connectivity index (χ2v) is 4.36. The maximum Gasteiger partial charge on any atom is 0.251 e. The van der Waals surface area contributed by atoms with E-state index in [-0.39, 0.29) is 5.91 Å². The number of amides is 1. The molecule has 0 aliphatic heterocycles. The lowest BCUT2D eigenvalue weighted by Gasteiger charge is -2.03. The summed E-state index contributed by atoms with van der Waals surface area (Å²) in [5.74, 6) is 0.0230. The normalized spacial score (nSPS) is 9.86. The first-order valence-corrected chi connectivity index (χ1v) is 5.85. The largest absolute Gasteiger partial charge is 0.352 e. The van der Waals surface area contributed by atoms with E-state index in [4.69, 9.17) is 0 Å². The molecule has 1 aromatic carbocycles. The molecule has 2 nitrogen and oxygen atoms in total. The summed E-state index contributed by atoms with van der Waals surface area (Å²) in [7, 11) is 0. The van der Waals surface area contributed by atoms with Crippen LogP contribution in [0, 0.1) is 3.57 Å². The summed E-state index contributed by atoms with van der Waals surface area (Å²) in [6.45, 7) is 2.87. The van der Waals surface area contributed by atoms with Crippen LogP contribution in [0.1, 0.15) is 30.1 Å². The van der Waals surface area contributed by atoms with Crippen LogP contribution in [0.4, 0.5) is 0 Å². The second-order valence-electron chi connectivity index (χ2n) is 3.12. The topological polar surface area (TPSA) is 29.1 Å². The first-order valence-electron chi connectivity index (χ1n) is 4.78. The van der Waals surface area contributed by atoms with E-state index in [1.54, 1.807) is 0 Å². The Kier molecular flexibility index (Phi) is 4.93. The average Bonchev–Trinajstić information content (AvgIpc) is 2.19. The molecule has 0 unspecified atom stereocenters. The molecule has 1 N–H and O–H groups in total. The Hall–Kier alpha value is -0.580. The van der Waals surface area contributed by atoms with E-state index < -0.39 is 0 Å². The molecule has 3 heteroatoms. The molecule has 14 heavy (non-hydrogen) atoms. The Labute approximate surface area is 98.2 Å². The van der Waals surface area contributed by atoms with Crippen LogP contribution in [0.5, 0.6) is 0 Å². The third-order valence-electron chi connectivity index (χ3n) is 1.92. The Morgan fingerprint density at radius 2 is 2.00 bits per heavy atom. The Balaban J connectivity index is 2.48. The van der Waals surface area contributed by atoms with Crippen molar-refractivity contribution >= 4 is 28.5 Å². The Morgan fingerprint density at radius 3 is 2.57 bits per heavy atom. The van der Waals surface area contributed by atoms with Crippen molar-refractivity contribution in [1.82, 2.24) is 5.32 Å². The van der Waals surface area contributed by atoms with E-state index in [0.29, 0.717) is 0 Å². The highest BCUT2D eigenvalue weighted by molar-refractivity contribution is 14.1. The monoisotopic (exact) mass is 303 g/mol. The highest BCUT2D eigenvalue weighted by Crippen LogP contribution is 2.06. The number of halogens is 1. The SMILES string of the molecule is CCCCNC(=O)c1ccc(I)cc1. The number of unbranched alkanes of at least 4 members (excludes halogenated alkanes) is 1. The van der Waals surface area contributed by atoms with Crippen molar-refractivity contribution in [3.05, 3.63) is 33.4 Å². The lowest BCUT2D eigenvalue weighted by molar-refractivity contribution is 0.0953. The molecular weight excluding hydrogens is 289 g/mol. The molecule has 0 bridgehead atoms. The fourth-order valence-corrected chi connectivity index (χ4v) is 1.44. The number of hydrogen-bond donors (Lipinski definition) is 1. The fraction of sp³-hybridized carbons (Fsp3) is 0.364. The zero-order valence-electron chi connectivity index (χ0n) is 8.22. The van der Waals surface area contributed by atoms with Crippen molar-refractivity contribution in [2.45, 2.75) is 19.8 Å². The van der Waals surface area contributed by atoms with Crippen molar-refractivity contribution in [2.75, 3.05) is 6.54 Å². The molecule has 0 aromatic heterocycles. The summed E-state index contributed by atoms with van der Waals surface area (Å²) in [6, 6.07) is 7.58. The summed E-state index contributed by atoms with van der Waals surface area (Å²) in [6.07, 6.45) is 2.14. The van der Waals surface area contributed by atoms with Crippen molar-refractivity contribution < 1.29 is 4.79 Å². The predicted molar refractivity (Wildman–Crippen MR) is 66.4 cm³/mol. The summed E-state index contributed by atoms with van der Waals surface area (Å²) in [5.41, 5.74) is 0.738. The molecule has 0 fully saturated rings. The molecule has 0 aliphatic carbocycles. The van der Waals surface area contributed by atoms with Crippen LogP contribution < -0.4 is 5.32 Å². The molecular formula is C11H14INO. The standard InChI is InChI=1S/C11H14INO/c1-2-3-8-13-11(14)9-4-6-10(12)7-5-9/h4-7H,2-3,8H2,1H3,(H,13,14). The molecule has 0 saturated heterocycles. The molecule has 1 rings (SSSR count). The van der Waals surface area contributed by atoms with Gasteiger partial charge in [0.05, 0.1) is 0 Å². The molecule has 0 spiro atoms. The van der Waals surface area contributed by atoms with E-state index in [2.05, 4.69) is 34.8 Å². The van der Waals surface area contributed by atoms with E-state index in [0.717, 1.165) is 28.5 Å². The van der Waals surface area contributed by atoms with Gasteiger partial charge in [-0.15, -0.1) is 0 Å². The third kappa shape index (κ3) is 3.65. The summed E-state index contributed by atoms with van der Waals surface area (Å²) in [4.78, 5) is 11.5. The van der Waals surface area contributed by atoms with Gasteiger partial charge in [-0.1, -0.05) is 13.3 Å². The van der Waals surface area contributed by atoms with Gasteiger partial charge in [-0.2, -0.15) is 0 Å². The Bertz CT molecular complexity index is 295. The minimum Gasteiger partial charge on any atom is -0.352 e. The van der Waals surface area contributed by atoms with Crippen LogP contribution in [0.3, 0.4) is 0 Å². The first-order chi connectivity index (χ1) is 6.74. The summed E-state index contributed by atoms with van der Waals surface area (Å²) in [5, 5.41) is 2.88. The molecule has 0 radical (unpaired) electrons. The fourth-order valence-electron chi connectivity index (χ4n) is 1.08. The van der Waals surface area contributed by atoms with E-state index in [1.165, 1.54) is 0 Å². The molecule has 0 aliphatic rings. The van der Waals surface area contributed by atoms with Gasteiger partial charge in [0.2, 0.25) is 0 Å². The van der Waals surface area contributed by atoms with Gasteiger partial charge in [0.1, 0.15) is 0 Å². The van der Waals surface area contributed by atoms with Gasteiger partial charge < -0.3 is 5.32 Å². The van der Waals surface area contributed by atoms with Crippen molar-refractivity contribution in [3.8, 4) is 0 Å².